The molecule has 0 aliphatic heterocycles. The molecule has 19 heavy (non-hydrogen) atoms. The second kappa shape index (κ2) is 4.37. The van der Waals surface area contributed by atoms with E-state index in [1.807, 2.05) is 6.07 Å². The van der Waals surface area contributed by atoms with E-state index in [4.69, 9.17) is 11.5 Å². The quantitative estimate of drug-likeness (QED) is 0.651. The number of fused-ring (bicyclic) bond motifs is 1. The van der Waals surface area contributed by atoms with E-state index in [9.17, 15) is 0 Å². The Morgan fingerprint density at radius 3 is 2.79 bits per heavy atom. The van der Waals surface area contributed by atoms with Crippen LogP contribution >= 0.6 is 0 Å². The van der Waals surface area contributed by atoms with Gasteiger partial charge in [-0.05, 0) is 18.6 Å². The van der Waals surface area contributed by atoms with E-state index < -0.39 is 0 Å². The highest BCUT2D eigenvalue weighted by Crippen LogP contribution is 2.25. The maximum absolute atomic E-state index is 5.78. The van der Waals surface area contributed by atoms with Crippen molar-refractivity contribution in [1.29, 1.82) is 0 Å². The number of anilines is 1. The summed E-state index contributed by atoms with van der Waals surface area (Å²) in [7, 11) is 0. The van der Waals surface area contributed by atoms with Crippen molar-refractivity contribution >= 4 is 16.7 Å². The van der Waals surface area contributed by atoms with Gasteiger partial charge in [0.05, 0.1) is 17.9 Å². The summed E-state index contributed by atoms with van der Waals surface area (Å²) in [5, 5.41) is 1.15. The molecule has 1 aromatic carbocycles. The number of para-hydroxylation sites is 1. The van der Waals surface area contributed by atoms with Crippen LogP contribution < -0.4 is 11.5 Å². The van der Waals surface area contributed by atoms with Gasteiger partial charge in [0.1, 0.15) is 11.6 Å². The van der Waals surface area contributed by atoms with Crippen molar-refractivity contribution < 1.29 is 0 Å². The van der Waals surface area contributed by atoms with Crippen molar-refractivity contribution in [3.8, 4) is 11.4 Å². The highest BCUT2D eigenvalue weighted by molar-refractivity contribution is 5.87. The Kier molecular flexibility index (Phi) is 2.68. The van der Waals surface area contributed by atoms with Gasteiger partial charge in [0.25, 0.3) is 0 Å². The number of hydrogen-bond acceptors (Lipinski definition) is 4. The van der Waals surface area contributed by atoms with Crippen molar-refractivity contribution in [2.75, 3.05) is 5.73 Å². The van der Waals surface area contributed by atoms with Gasteiger partial charge in [0.2, 0.25) is 0 Å². The van der Waals surface area contributed by atoms with Crippen molar-refractivity contribution in [2.45, 2.75) is 13.5 Å². The van der Waals surface area contributed by atoms with E-state index >= 15 is 0 Å². The molecular weight excluding hydrogens is 238 g/mol. The van der Waals surface area contributed by atoms with Crippen molar-refractivity contribution in [3.05, 3.63) is 41.7 Å². The zero-order chi connectivity index (χ0) is 13.4. The van der Waals surface area contributed by atoms with Crippen LogP contribution in [0.25, 0.3) is 22.3 Å². The molecule has 0 amide bonds. The van der Waals surface area contributed by atoms with E-state index in [0.29, 0.717) is 11.6 Å². The Hall–Kier alpha value is -2.40. The molecule has 2 heterocycles. The molecule has 5 N–H and O–H groups in total. The predicted octanol–water partition coefficient (Wildman–Crippen LogP) is 1.97. The SMILES string of the molecule is Cc1cccc2cc(-c3cc(N)nc(CN)n3)[nH]c12. The summed E-state index contributed by atoms with van der Waals surface area (Å²) in [6.45, 7) is 2.35. The molecule has 3 aromatic rings. The van der Waals surface area contributed by atoms with Gasteiger partial charge in [-0.15, -0.1) is 0 Å². The number of nitrogens with zero attached hydrogens (tertiary/aromatic N) is 2. The molecule has 0 unspecified atom stereocenters. The molecule has 0 bridgehead atoms. The fourth-order valence-electron chi connectivity index (χ4n) is 2.19. The predicted molar refractivity (Wildman–Crippen MR) is 76.4 cm³/mol. The van der Waals surface area contributed by atoms with Gasteiger partial charge in [-0.3, -0.25) is 0 Å². The summed E-state index contributed by atoms with van der Waals surface area (Å²) < 4.78 is 0. The minimum atomic E-state index is 0.275. The van der Waals surface area contributed by atoms with Crippen LogP contribution in [0.2, 0.25) is 0 Å². The lowest BCUT2D eigenvalue weighted by Crippen LogP contribution is -2.06. The minimum Gasteiger partial charge on any atom is -0.384 e. The second-order valence-corrected chi connectivity index (χ2v) is 4.52. The third-order valence-corrected chi connectivity index (χ3v) is 3.12. The Morgan fingerprint density at radius 2 is 2.05 bits per heavy atom. The summed E-state index contributed by atoms with van der Waals surface area (Å²) in [5.41, 5.74) is 15.4. The Labute approximate surface area is 110 Å². The van der Waals surface area contributed by atoms with E-state index in [1.165, 1.54) is 5.56 Å². The van der Waals surface area contributed by atoms with Gasteiger partial charge < -0.3 is 16.5 Å². The molecule has 0 saturated heterocycles. The largest absolute Gasteiger partial charge is 0.384 e. The molecule has 0 aliphatic rings. The Morgan fingerprint density at radius 1 is 1.21 bits per heavy atom. The first-order valence-corrected chi connectivity index (χ1v) is 6.09. The highest BCUT2D eigenvalue weighted by Gasteiger charge is 2.08. The van der Waals surface area contributed by atoms with Crippen molar-refractivity contribution in [2.24, 2.45) is 5.73 Å². The number of nitrogen functional groups attached to an aromatic ring is 1. The summed E-state index contributed by atoms with van der Waals surface area (Å²) in [6.07, 6.45) is 0. The molecule has 0 saturated carbocycles. The number of rotatable bonds is 2. The second-order valence-electron chi connectivity index (χ2n) is 4.52. The maximum atomic E-state index is 5.78. The fourth-order valence-corrected chi connectivity index (χ4v) is 2.19. The molecule has 0 fully saturated rings. The van der Waals surface area contributed by atoms with E-state index in [-0.39, 0.29) is 6.54 Å². The monoisotopic (exact) mass is 253 g/mol. The zero-order valence-electron chi connectivity index (χ0n) is 10.6. The minimum absolute atomic E-state index is 0.275. The van der Waals surface area contributed by atoms with Crippen LogP contribution in [0.4, 0.5) is 5.82 Å². The van der Waals surface area contributed by atoms with Gasteiger partial charge in [-0.2, -0.15) is 0 Å². The van der Waals surface area contributed by atoms with Crippen LogP contribution in [0.15, 0.2) is 30.3 Å². The summed E-state index contributed by atoms with van der Waals surface area (Å²) in [6, 6.07) is 9.98. The number of aryl methyl sites for hydroxylation is 1. The third-order valence-electron chi connectivity index (χ3n) is 3.12. The number of nitrogens with two attached hydrogens (primary N) is 2. The topological polar surface area (TPSA) is 93.6 Å². The first kappa shape index (κ1) is 11.7. The first-order chi connectivity index (χ1) is 9.17. The molecule has 0 spiro atoms. The van der Waals surface area contributed by atoms with E-state index in [0.717, 1.165) is 22.3 Å². The fraction of sp³-hybridized carbons (Fsp3) is 0.143. The first-order valence-electron chi connectivity index (χ1n) is 6.09. The molecule has 3 rings (SSSR count). The molecule has 5 heteroatoms. The van der Waals surface area contributed by atoms with Gasteiger partial charge >= 0.3 is 0 Å². The lowest BCUT2D eigenvalue weighted by Gasteiger charge is -2.02. The standard InChI is InChI=1S/C14H15N5/c1-8-3-2-4-9-5-10(18-14(8)9)11-6-12(16)19-13(7-15)17-11/h2-6,18H,7,15H2,1H3,(H2,16,17,19). The Balaban J connectivity index is 2.19. The van der Waals surface area contributed by atoms with Gasteiger partial charge in [0.15, 0.2) is 0 Å². The van der Waals surface area contributed by atoms with Crippen LogP contribution in [0.3, 0.4) is 0 Å². The normalized spacial score (nSPS) is 11.1. The molecule has 2 aromatic heterocycles. The summed E-state index contributed by atoms with van der Waals surface area (Å²) in [4.78, 5) is 11.8. The van der Waals surface area contributed by atoms with Crippen molar-refractivity contribution in [1.82, 2.24) is 15.0 Å². The average molecular weight is 253 g/mol. The molecule has 5 nitrogen and oxygen atoms in total. The van der Waals surface area contributed by atoms with E-state index in [1.54, 1.807) is 6.07 Å². The maximum Gasteiger partial charge on any atom is 0.145 e. The van der Waals surface area contributed by atoms with Crippen LogP contribution in [0.1, 0.15) is 11.4 Å². The van der Waals surface area contributed by atoms with Gasteiger partial charge in [-0.25, -0.2) is 9.97 Å². The number of benzene rings is 1. The van der Waals surface area contributed by atoms with Crippen LogP contribution in [-0.4, -0.2) is 15.0 Å². The van der Waals surface area contributed by atoms with Crippen LogP contribution in [0, 0.1) is 6.92 Å². The smallest absolute Gasteiger partial charge is 0.145 e. The van der Waals surface area contributed by atoms with Gasteiger partial charge in [0, 0.05) is 17.0 Å². The third kappa shape index (κ3) is 2.04. The number of nitrogens with one attached hydrogen (secondary N) is 1. The highest BCUT2D eigenvalue weighted by atomic mass is 15.0. The number of aromatic nitrogens is 3. The molecule has 96 valence electrons. The van der Waals surface area contributed by atoms with E-state index in [2.05, 4.69) is 40.1 Å². The average Bonchev–Trinajstić information content (AvgIpc) is 2.83. The molecule has 0 atom stereocenters. The molecular formula is C14H15N5. The summed E-state index contributed by atoms with van der Waals surface area (Å²) in [5.74, 6) is 0.978. The van der Waals surface area contributed by atoms with Crippen LogP contribution in [0.5, 0.6) is 0 Å². The van der Waals surface area contributed by atoms with Crippen molar-refractivity contribution in [3.63, 3.8) is 0 Å². The number of hydrogen-bond donors (Lipinski definition) is 3. The van der Waals surface area contributed by atoms with Crippen LogP contribution in [-0.2, 0) is 6.54 Å². The summed E-state index contributed by atoms with van der Waals surface area (Å²) >= 11 is 0. The lowest BCUT2D eigenvalue weighted by atomic mass is 10.2. The number of aromatic amines is 1. The zero-order valence-corrected chi connectivity index (χ0v) is 10.6. The Bertz CT molecular complexity index is 745. The molecule has 0 aliphatic carbocycles. The number of H-pyrrole nitrogens is 1. The molecule has 0 radical (unpaired) electrons. The lowest BCUT2D eigenvalue weighted by molar-refractivity contribution is 0.915. The van der Waals surface area contributed by atoms with Gasteiger partial charge in [-0.1, -0.05) is 18.2 Å².